The predicted octanol–water partition coefficient (Wildman–Crippen LogP) is 16.3. The summed E-state index contributed by atoms with van der Waals surface area (Å²) in [4.78, 5) is 2.38. The van der Waals surface area contributed by atoms with Crippen LogP contribution in [0.2, 0.25) is 0 Å². The Balaban J connectivity index is 0.894. The topological polar surface area (TPSA) is 21.3 Å². The third-order valence-electron chi connectivity index (χ3n) is 12.2. The van der Waals surface area contributed by atoms with Gasteiger partial charge in [0.15, 0.2) is 0 Å². The minimum atomic E-state index is 0.895. The molecule has 0 aliphatic heterocycles. The van der Waals surface area contributed by atoms with E-state index < -0.39 is 0 Å². The minimum absolute atomic E-state index is 0.895. The van der Waals surface area contributed by atoms with Crippen LogP contribution in [0.3, 0.4) is 0 Å². The van der Waals surface area contributed by atoms with Gasteiger partial charge in [-0.1, -0.05) is 152 Å². The van der Waals surface area contributed by atoms with Crippen molar-refractivity contribution in [3.05, 3.63) is 231 Å². The highest BCUT2D eigenvalue weighted by atomic mass is 16.3. The fourth-order valence-electron chi connectivity index (χ4n) is 9.25. The number of rotatable bonds is 7. The monoisotopic (exact) mass is 778 g/mol. The van der Waals surface area contributed by atoms with E-state index in [0.717, 1.165) is 55.8 Å². The van der Waals surface area contributed by atoms with Crippen molar-refractivity contribution in [2.45, 2.75) is 0 Å². The number of para-hydroxylation sites is 3. The Kier molecular flexibility index (Phi) is 8.17. The van der Waals surface area contributed by atoms with Crippen LogP contribution in [0.5, 0.6) is 0 Å². The summed E-state index contributed by atoms with van der Waals surface area (Å²) >= 11 is 0. The van der Waals surface area contributed by atoms with Crippen LogP contribution in [-0.2, 0) is 0 Å². The van der Waals surface area contributed by atoms with Crippen LogP contribution in [0, 0.1) is 0 Å². The van der Waals surface area contributed by atoms with Crippen LogP contribution in [-0.4, -0.2) is 4.57 Å². The molecule has 0 radical (unpaired) electrons. The van der Waals surface area contributed by atoms with Crippen LogP contribution < -0.4 is 4.90 Å². The van der Waals surface area contributed by atoms with Crippen molar-refractivity contribution in [2.75, 3.05) is 4.90 Å². The maximum Gasteiger partial charge on any atom is 0.136 e. The van der Waals surface area contributed by atoms with Gasteiger partial charge in [-0.25, -0.2) is 0 Å². The van der Waals surface area contributed by atoms with Crippen molar-refractivity contribution < 1.29 is 4.42 Å². The van der Waals surface area contributed by atoms with Gasteiger partial charge in [0.2, 0.25) is 0 Å². The second kappa shape index (κ2) is 14.3. The Bertz CT molecular complexity index is 3530. The molecule has 3 heteroatoms. The third kappa shape index (κ3) is 5.98. The fraction of sp³-hybridized carbons (Fsp3) is 0. The summed E-state index contributed by atoms with van der Waals surface area (Å²) < 4.78 is 8.66. The van der Waals surface area contributed by atoms with Gasteiger partial charge in [-0.05, 0) is 118 Å². The van der Waals surface area contributed by atoms with Gasteiger partial charge in [-0.2, -0.15) is 0 Å². The van der Waals surface area contributed by atoms with Gasteiger partial charge in [-0.15, -0.1) is 0 Å². The number of anilines is 3. The lowest BCUT2D eigenvalue weighted by Gasteiger charge is -2.27. The van der Waals surface area contributed by atoms with Gasteiger partial charge in [0.05, 0.1) is 16.7 Å². The Morgan fingerprint density at radius 2 is 0.836 bits per heavy atom. The normalized spacial score (nSPS) is 11.6. The molecular weight excluding hydrogens is 741 g/mol. The number of benzene rings is 10. The first-order valence-corrected chi connectivity index (χ1v) is 20.8. The number of hydrogen-bond acceptors (Lipinski definition) is 2. The number of furan rings is 1. The molecule has 3 nitrogen and oxygen atoms in total. The molecule has 0 amide bonds. The second-order valence-corrected chi connectivity index (χ2v) is 15.7. The molecule has 2 aromatic heterocycles. The Morgan fingerprint density at radius 3 is 1.57 bits per heavy atom. The average molecular weight is 779 g/mol. The van der Waals surface area contributed by atoms with Gasteiger partial charge in [0.1, 0.15) is 11.2 Å². The van der Waals surface area contributed by atoms with E-state index in [1.165, 1.54) is 54.8 Å². The summed E-state index contributed by atoms with van der Waals surface area (Å²) in [6.07, 6.45) is 0. The summed E-state index contributed by atoms with van der Waals surface area (Å²) in [5.74, 6) is 0. The maximum absolute atomic E-state index is 6.29. The van der Waals surface area contributed by atoms with E-state index in [2.05, 4.69) is 228 Å². The largest absolute Gasteiger partial charge is 0.456 e. The average Bonchev–Trinajstić information content (AvgIpc) is 3.88. The lowest BCUT2D eigenvalue weighted by atomic mass is 9.98. The zero-order valence-corrected chi connectivity index (χ0v) is 33.2. The SMILES string of the molecule is c1cc(-c2ccc(N(c3cccc(-c4ccc5c(c4)oc4ccccc45)c3)c3cccc4ccccc34)cc2)cc(-c2ccc(-n3c4ccccc4c4ccccc43)cc2)c1. The van der Waals surface area contributed by atoms with E-state index >= 15 is 0 Å². The zero-order chi connectivity index (χ0) is 40.3. The van der Waals surface area contributed by atoms with E-state index in [0.29, 0.717) is 0 Å². The van der Waals surface area contributed by atoms with E-state index in [1.54, 1.807) is 0 Å². The molecule has 0 bridgehead atoms. The van der Waals surface area contributed by atoms with Crippen LogP contribution in [0.15, 0.2) is 235 Å². The summed E-state index contributed by atoms with van der Waals surface area (Å²) in [5.41, 5.74) is 15.6. The van der Waals surface area contributed by atoms with Gasteiger partial charge >= 0.3 is 0 Å². The van der Waals surface area contributed by atoms with Crippen molar-refractivity contribution in [3.8, 4) is 39.1 Å². The number of aromatic nitrogens is 1. The highest BCUT2D eigenvalue weighted by molar-refractivity contribution is 6.09. The molecule has 0 atom stereocenters. The number of fused-ring (bicyclic) bond motifs is 7. The molecule has 0 fully saturated rings. The van der Waals surface area contributed by atoms with Crippen LogP contribution in [0.25, 0.3) is 93.6 Å². The van der Waals surface area contributed by atoms with Crippen LogP contribution in [0.4, 0.5) is 17.1 Å². The lowest BCUT2D eigenvalue weighted by molar-refractivity contribution is 0.669. The molecule has 0 aliphatic carbocycles. The van der Waals surface area contributed by atoms with Crippen molar-refractivity contribution in [1.82, 2.24) is 4.57 Å². The first-order chi connectivity index (χ1) is 30.2. The molecule has 0 saturated heterocycles. The van der Waals surface area contributed by atoms with Gasteiger partial charge in [-0.3, -0.25) is 0 Å². The summed E-state index contributed by atoms with van der Waals surface area (Å²) in [7, 11) is 0. The Hall–Kier alpha value is -8.14. The molecule has 0 N–H and O–H groups in total. The summed E-state index contributed by atoms with van der Waals surface area (Å²) in [5, 5.41) is 7.21. The van der Waals surface area contributed by atoms with E-state index in [9.17, 15) is 0 Å². The summed E-state index contributed by atoms with van der Waals surface area (Å²) in [6.45, 7) is 0. The number of hydrogen-bond donors (Lipinski definition) is 0. The molecule has 0 aliphatic rings. The van der Waals surface area contributed by atoms with Gasteiger partial charge < -0.3 is 13.9 Å². The summed E-state index contributed by atoms with van der Waals surface area (Å²) in [6, 6.07) is 83.0. The highest BCUT2D eigenvalue weighted by Crippen LogP contribution is 2.42. The van der Waals surface area contributed by atoms with Gasteiger partial charge in [0, 0.05) is 44.0 Å². The molecule has 0 saturated carbocycles. The standard InChI is InChI=1S/C58H38N2O/c1-2-18-49-41(12-1)13-11-24-54(49)59(48-17-10-16-44(37-48)45-30-35-53-52-21-5-8-25-57(52)61-58(53)38-45)46-31-26-39(27-32-46)42-14-9-15-43(36-42)40-28-33-47(34-29-40)60-55-22-6-3-19-50(55)51-20-4-7-23-56(51)60/h1-38H. The minimum Gasteiger partial charge on any atom is -0.456 e. The molecule has 10 aromatic carbocycles. The molecular formula is C58H38N2O. The van der Waals surface area contributed by atoms with Crippen LogP contribution in [0.1, 0.15) is 0 Å². The Labute approximate surface area is 353 Å². The quantitative estimate of drug-likeness (QED) is 0.161. The molecule has 61 heavy (non-hydrogen) atoms. The van der Waals surface area contributed by atoms with Crippen molar-refractivity contribution >= 4 is 71.6 Å². The first kappa shape index (κ1) is 34.9. The van der Waals surface area contributed by atoms with E-state index in [-0.39, 0.29) is 0 Å². The molecule has 12 rings (SSSR count). The van der Waals surface area contributed by atoms with Gasteiger partial charge in [0.25, 0.3) is 0 Å². The Morgan fingerprint density at radius 1 is 0.311 bits per heavy atom. The highest BCUT2D eigenvalue weighted by Gasteiger charge is 2.18. The second-order valence-electron chi connectivity index (χ2n) is 15.7. The molecule has 286 valence electrons. The third-order valence-corrected chi connectivity index (χ3v) is 12.2. The lowest BCUT2D eigenvalue weighted by Crippen LogP contribution is -2.10. The zero-order valence-electron chi connectivity index (χ0n) is 33.2. The fourth-order valence-corrected chi connectivity index (χ4v) is 9.25. The molecule has 2 heterocycles. The molecule has 0 spiro atoms. The van der Waals surface area contributed by atoms with Crippen LogP contribution >= 0.6 is 0 Å². The molecule has 12 aromatic rings. The number of nitrogens with zero attached hydrogens (tertiary/aromatic N) is 2. The smallest absolute Gasteiger partial charge is 0.136 e. The molecule has 0 unspecified atom stereocenters. The first-order valence-electron chi connectivity index (χ1n) is 20.8. The van der Waals surface area contributed by atoms with E-state index in [4.69, 9.17) is 4.42 Å². The van der Waals surface area contributed by atoms with Crippen molar-refractivity contribution in [1.29, 1.82) is 0 Å². The maximum atomic E-state index is 6.29. The van der Waals surface area contributed by atoms with E-state index in [1.807, 2.05) is 12.1 Å². The predicted molar refractivity (Wildman–Crippen MR) is 257 cm³/mol. The van der Waals surface area contributed by atoms with Crippen molar-refractivity contribution in [3.63, 3.8) is 0 Å². The van der Waals surface area contributed by atoms with Crippen molar-refractivity contribution in [2.24, 2.45) is 0 Å².